The Morgan fingerprint density at radius 2 is 1.62 bits per heavy atom. The van der Waals surface area contributed by atoms with Crippen molar-refractivity contribution in [3.63, 3.8) is 0 Å². The molecule has 0 unspecified atom stereocenters. The first-order valence-corrected chi connectivity index (χ1v) is 13.5. The van der Waals surface area contributed by atoms with Gasteiger partial charge in [0.2, 0.25) is 0 Å². The summed E-state index contributed by atoms with van der Waals surface area (Å²) in [5.41, 5.74) is 8.11. The molecule has 39 heavy (non-hydrogen) atoms. The van der Waals surface area contributed by atoms with Gasteiger partial charge in [0.1, 0.15) is 5.82 Å². The second-order valence-electron chi connectivity index (χ2n) is 10.5. The van der Waals surface area contributed by atoms with Crippen molar-refractivity contribution in [2.45, 2.75) is 46.2 Å². The van der Waals surface area contributed by atoms with Crippen LogP contribution in [0.2, 0.25) is 0 Å². The highest BCUT2D eigenvalue weighted by Gasteiger charge is 2.36. The molecule has 6 nitrogen and oxygen atoms in total. The topological polar surface area (TPSA) is 55.1 Å². The molecular formula is C33H33N5O. The van der Waals surface area contributed by atoms with E-state index in [1.807, 2.05) is 65.9 Å². The second-order valence-corrected chi connectivity index (χ2v) is 10.5. The molecule has 0 fully saturated rings. The molecule has 196 valence electrons. The van der Waals surface area contributed by atoms with Gasteiger partial charge in [-0.15, -0.1) is 0 Å². The van der Waals surface area contributed by atoms with Gasteiger partial charge in [0.05, 0.1) is 29.7 Å². The Bertz CT molecular complexity index is 1630. The predicted octanol–water partition coefficient (Wildman–Crippen LogP) is 7.54. The van der Waals surface area contributed by atoms with Crippen LogP contribution in [0, 0.1) is 13.8 Å². The summed E-state index contributed by atoms with van der Waals surface area (Å²) in [6.45, 7) is 8.85. The summed E-state index contributed by atoms with van der Waals surface area (Å²) < 4.78 is 4.19. The maximum Gasteiger partial charge on any atom is 0.322 e. The molecule has 1 aliphatic rings. The average Bonchev–Trinajstić information content (AvgIpc) is 3.51. The summed E-state index contributed by atoms with van der Waals surface area (Å²) in [6.07, 6.45) is 2.08. The number of rotatable bonds is 4. The minimum absolute atomic E-state index is 0.144. The average molecular weight is 516 g/mol. The van der Waals surface area contributed by atoms with Crippen molar-refractivity contribution in [1.29, 1.82) is 0 Å². The highest BCUT2D eigenvalue weighted by molar-refractivity contribution is 5.91. The number of urea groups is 1. The fraction of sp³-hybridized carbons (Fsp3) is 0.212. The molecule has 0 bridgehead atoms. The normalized spacial score (nSPS) is 14.6. The molecule has 3 heterocycles. The Labute approximate surface area is 229 Å². The number of aryl methyl sites for hydroxylation is 2. The molecular weight excluding hydrogens is 482 g/mol. The molecule has 0 spiro atoms. The van der Waals surface area contributed by atoms with Crippen LogP contribution >= 0.6 is 0 Å². The second kappa shape index (κ2) is 9.95. The van der Waals surface area contributed by atoms with Crippen LogP contribution in [0.5, 0.6) is 0 Å². The van der Waals surface area contributed by atoms with Crippen LogP contribution in [-0.4, -0.2) is 25.3 Å². The van der Waals surface area contributed by atoms with Gasteiger partial charge in [0.15, 0.2) is 0 Å². The summed E-state index contributed by atoms with van der Waals surface area (Å²) in [4.78, 5) is 16.1. The van der Waals surface area contributed by atoms with E-state index in [-0.39, 0.29) is 12.1 Å². The van der Waals surface area contributed by atoms with Crippen LogP contribution in [0.4, 0.5) is 10.5 Å². The molecule has 0 saturated carbocycles. The van der Waals surface area contributed by atoms with E-state index in [1.54, 1.807) is 0 Å². The summed E-state index contributed by atoms with van der Waals surface area (Å²) in [6, 6.07) is 30.5. The third-order valence-electron chi connectivity index (χ3n) is 7.65. The zero-order chi connectivity index (χ0) is 27.1. The third-order valence-corrected chi connectivity index (χ3v) is 7.65. The summed E-state index contributed by atoms with van der Waals surface area (Å²) in [5, 5.41) is 8.14. The number of carbonyl (C=O) groups excluding carboxylic acids is 1. The number of amides is 2. The number of nitrogens with zero attached hydrogens (tertiary/aromatic N) is 4. The highest BCUT2D eigenvalue weighted by Crippen LogP contribution is 2.39. The number of hydrogen-bond acceptors (Lipinski definition) is 2. The van der Waals surface area contributed by atoms with Crippen molar-refractivity contribution in [3.05, 3.63) is 131 Å². The highest BCUT2D eigenvalue weighted by atomic mass is 16.2. The number of aromatic nitrogens is 3. The third kappa shape index (κ3) is 4.42. The van der Waals surface area contributed by atoms with Crippen LogP contribution < -0.4 is 5.32 Å². The molecule has 1 aliphatic heterocycles. The Morgan fingerprint density at radius 1 is 0.897 bits per heavy atom. The van der Waals surface area contributed by atoms with Crippen molar-refractivity contribution in [3.8, 4) is 11.5 Å². The minimum atomic E-state index is -0.291. The summed E-state index contributed by atoms with van der Waals surface area (Å²) in [7, 11) is 0. The molecule has 1 N–H and O–H groups in total. The van der Waals surface area contributed by atoms with Crippen LogP contribution in [0.3, 0.4) is 0 Å². The lowest BCUT2D eigenvalue weighted by Crippen LogP contribution is -2.38. The summed E-state index contributed by atoms with van der Waals surface area (Å²) in [5.74, 6) is 1.40. The number of carbonyl (C=O) groups is 1. The maximum atomic E-state index is 14.1. The van der Waals surface area contributed by atoms with Crippen molar-refractivity contribution in [2.24, 2.45) is 0 Å². The van der Waals surface area contributed by atoms with E-state index in [9.17, 15) is 4.79 Å². The largest absolute Gasteiger partial charge is 0.322 e. The number of anilines is 1. The first-order valence-electron chi connectivity index (χ1n) is 13.5. The predicted molar refractivity (Wildman–Crippen MR) is 156 cm³/mol. The van der Waals surface area contributed by atoms with Crippen molar-refractivity contribution >= 4 is 11.7 Å². The van der Waals surface area contributed by atoms with Crippen LogP contribution in [0.25, 0.3) is 11.5 Å². The first kappa shape index (κ1) is 24.7. The zero-order valence-electron chi connectivity index (χ0n) is 22.8. The van der Waals surface area contributed by atoms with E-state index in [0.717, 1.165) is 45.3 Å². The number of nitrogens with one attached hydrogen (secondary N) is 1. The van der Waals surface area contributed by atoms with Gasteiger partial charge in [-0.1, -0.05) is 74.5 Å². The molecule has 2 amide bonds. The fourth-order valence-corrected chi connectivity index (χ4v) is 5.46. The van der Waals surface area contributed by atoms with Crippen molar-refractivity contribution in [2.75, 3.05) is 5.32 Å². The molecule has 0 aliphatic carbocycles. The van der Waals surface area contributed by atoms with Crippen molar-refractivity contribution in [1.82, 2.24) is 19.2 Å². The van der Waals surface area contributed by atoms with E-state index in [4.69, 9.17) is 5.10 Å². The maximum absolute atomic E-state index is 14.1. The molecule has 0 saturated heterocycles. The van der Waals surface area contributed by atoms with E-state index in [1.165, 1.54) is 5.56 Å². The fourth-order valence-electron chi connectivity index (χ4n) is 5.46. The minimum Gasteiger partial charge on any atom is -0.308 e. The molecule has 5 aromatic rings. The lowest BCUT2D eigenvalue weighted by atomic mass is 9.97. The molecule has 1 atom stereocenters. The van der Waals surface area contributed by atoms with Gasteiger partial charge < -0.3 is 14.8 Å². The zero-order valence-corrected chi connectivity index (χ0v) is 22.8. The standard InChI is InChI=1S/C33H33N5O/c1-22(2)25-16-18-26(19-17-25)31-30-15-10-20-36(30)32-28(24(4)35-38(32)27-12-6-5-7-13-27)21-37(31)33(39)34-29-14-9-8-11-23(29)3/h5-20,22,31H,21H2,1-4H3,(H,34,39)/t31-/m0/s1. The molecule has 2 aromatic heterocycles. The Morgan fingerprint density at radius 3 is 2.33 bits per heavy atom. The van der Waals surface area contributed by atoms with E-state index in [0.29, 0.717) is 12.5 Å². The lowest BCUT2D eigenvalue weighted by molar-refractivity contribution is 0.194. The van der Waals surface area contributed by atoms with E-state index < -0.39 is 0 Å². The Kier molecular flexibility index (Phi) is 6.31. The quantitative estimate of drug-likeness (QED) is 0.269. The monoisotopic (exact) mass is 515 g/mol. The first-order chi connectivity index (χ1) is 18.9. The van der Waals surface area contributed by atoms with Gasteiger partial charge in [-0.3, -0.25) is 0 Å². The Balaban J connectivity index is 1.53. The molecule has 6 rings (SSSR count). The number of benzene rings is 3. The SMILES string of the molecule is Cc1ccccc1NC(=O)N1Cc2c(C)nn(-c3ccccc3)c2-n2cccc2[C@@H]1c1ccc(C(C)C)cc1. The van der Waals surface area contributed by atoms with E-state index in [2.05, 4.69) is 78.5 Å². The van der Waals surface area contributed by atoms with Crippen LogP contribution in [0.15, 0.2) is 97.2 Å². The van der Waals surface area contributed by atoms with Gasteiger partial charge in [0, 0.05) is 17.4 Å². The van der Waals surface area contributed by atoms with Crippen LogP contribution in [-0.2, 0) is 6.54 Å². The van der Waals surface area contributed by atoms with Gasteiger partial charge in [0.25, 0.3) is 0 Å². The smallest absolute Gasteiger partial charge is 0.308 e. The van der Waals surface area contributed by atoms with E-state index >= 15 is 0 Å². The number of hydrogen-bond donors (Lipinski definition) is 1. The van der Waals surface area contributed by atoms with Gasteiger partial charge in [-0.25, -0.2) is 9.48 Å². The summed E-state index contributed by atoms with van der Waals surface area (Å²) >= 11 is 0. The van der Waals surface area contributed by atoms with Gasteiger partial charge in [-0.2, -0.15) is 5.10 Å². The van der Waals surface area contributed by atoms with Crippen molar-refractivity contribution < 1.29 is 4.79 Å². The molecule has 3 aromatic carbocycles. The number of fused-ring (bicyclic) bond motifs is 3. The molecule has 6 heteroatoms. The number of para-hydroxylation sites is 2. The van der Waals surface area contributed by atoms with Crippen LogP contribution in [0.1, 0.15) is 59.4 Å². The lowest BCUT2D eigenvalue weighted by Gasteiger charge is -2.31. The van der Waals surface area contributed by atoms with Gasteiger partial charge >= 0.3 is 6.03 Å². The van der Waals surface area contributed by atoms with Gasteiger partial charge in [-0.05, 0) is 66.8 Å². The molecule has 0 radical (unpaired) electrons. The Hall–Kier alpha value is -4.58.